The van der Waals surface area contributed by atoms with Gasteiger partial charge in [-0.2, -0.15) is 0 Å². The summed E-state index contributed by atoms with van der Waals surface area (Å²) in [6, 6.07) is 3.78. The monoisotopic (exact) mass is 390 g/mol. The molecule has 0 aromatic heterocycles. The van der Waals surface area contributed by atoms with Crippen LogP contribution < -0.4 is 10.1 Å². The average molecular weight is 390 g/mol. The molecular weight excluding hydrogens is 360 g/mol. The van der Waals surface area contributed by atoms with Crippen LogP contribution in [0.3, 0.4) is 0 Å². The van der Waals surface area contributed by atoms with E-state index in [2.05, 4.69) is 5.32 Å². The molecular formula is C21H30N2O5. The number of amides is 3. The standard InChI is InChI=1S/C21H30N2O5/c1-7-21(16-8-9-17(27-6)14(4)12-16)19(25)23(20(26)22-21)15(5)18(24)28-11-10-13(2)3/h8-9,12-13,15H,7,10-11H2,1-6H3,(H,22,26). The molecule has 1 fully saturated rings. The molecule has 1 aliphatic heterocycles. The van der Waals surface area contributed by atoms with Crippen molar-refractivity contribution in [3.8, 4) is 5.75 Å². The number of aryl methyl sites for hydroxylation is 1. The van der Waals surface area contributed by atoms with E-state index < -0.39 is 29.5 Å². The summed E-state index contributed by atoms with van der Waals surface area (Å²) in [5.41, 5.74) is 0.310. The first-order valence-electron chi connectivity index (χ1n) is 9.65. The second kappa shape index (κ2) is 8.63. The molecule has 7 heteroatoms. The highest BCUT2D eigenvalue weighted by Crippen LogP contribution is 2.35. The van der Waals surface area contributed by atoms with Gasteiger partial charge in [-0.1, -0.05) is 26.8 Å². The van der Waals surface area contributed by atoms with Crippen molar-refractivity contribution in [3.05, 3.63) is 29.3 Å². The lowest BCUT2D eigenvalue weighted by Gasteiger charge is -2.27. The smallest absolute Gasteiger partial charge is 0.329 e. The molecule has 1 saturated heterocycles. The van der Waals surface area contributed by atoms with Crippen LogP contribution in [0.5, 0.6) is 5.75 Å². The van der Waals surface area contributed by atoms with Gasteiger partial charge in [0.1, 0.15) is 17.3 Å². The Bertz CT molecular complexity index is 761. The van der Waals surface area contributed by atoms with Crippen LogP contribution in [0.1, 0.15) is 51.7 Å². The van der Waals surface area contributed by atoms with Crippen molar-refractivity contribution in [1.29, 1.82) is 0 Å². The maximum absolute atomic E-state index is 13.3. The highest BCUT2D eigenvalue weighted by molar-refractivity contribution is 6.09. The fourth-order valence-corrected chi connectivity index (χ4v) is 3.35. The minimum absolute atomic E-state index is 0.265. The van der Waals surface area contributed by atoms with E-state index in [1.807, 2.05) is 33.8 Å². The average Bonchev–Trinajstić information content (AvgIpc) is 2.91. The molecule has 1 aliphatic rings. The maximum atomic E-state index is 13.3. The molecule has 1 heterocycles. The summed E-state index contributed by atoms with van der Waals surface area (Å²) in [7, 11) is 1.58. The topological polar surface area (TPSA) is 84.9 Å². The number of rotatable bonds is 8. The molecule has 0 spiro atoms. The van der Waals surface area contributed by atoms with Crippen molar-refractivity contribution in [2.24, 2.45) is 5.92 Å². The second-order valence-electron chi connectivity index (χ2n) is 7.57. The Morgan fingerprint density at radius 2 is 1.93 bits per heavy atom. The van der Waals surface area contributed by atoms with Crippen LogP contribution in [0.25, 0.3) is 0 Å². The van der Waals surface area contributed by atoms with Gasteiger partial charge in [-0.15, -0.1) is 0 Å². The number of urea groups is 1. The van der Waals surface area contributed by atoms with Crippen LogP contribution in [0, 0.1) is 12.8 Å². The second-order valence-corrected chi connectivity index (χ2v) is 7.57. The number of carbonyl (C=O) groups is 3. The van der Waals surface area contributed by atoms with Crippen LogP contribution in [-0.2, 0) is 19.9 Å². The third-order valence-corrected chi connectivity index (χ3v) is 5.21. The van der Waals surface area contributed by atoms with Gasteiger partial charge >= 0.3 is 12.0 Å². The summed E-state index contributed by atoms with van der Waals surface area (Å²) in [4.78, 5) is 39.2. The fraction of sp³-hybridized carbons (Fsp3) is 0.571. The largest absolute Gasteiger partial charge is 0.496 e. The number of esters is 1. The summed E-state index contributed by atoms with van der Waals surface area (Å²) in [5, 5.41) is 2.80. The first kappa shape index (κ1) is 21.7. The fourth-order valence-electron chi connectivity index (χ4n) is 3.35. The number of methoxy groups -OCH3 is 1. The van der Waals surface area contributed by atoms with Crippen LogP contribution in [0.15, 0.2) is 18.2 Å². The zero-order chi connectivity index (χ0) is 21.1. The molecule has 3 amide bonds. The molecule has 0 radical (unpaired) electrons. The van der Waals surface area contributed by atoms with E-state index >= 15 is 0 Å². The van der Waals surface area contributed by atoms with E-state index in [9.17, 15) is 14.4 Å². The van der Waals surface area contributed by atoms with Crippen LogP contribution in [0.4, 0.5) is 4.79 Å². The minimum atomic E-state index is -1.21. The highest BCUT2D eigenvalue weighted by atomic mass is 16.5. The molecule has 28 heavy (non-hydrogen) atoms. The molecule has 2 unspecified atom stereocenters. The minimum Gasteiger partial charge on any atom is -0.496 e. The number of nitrogens with one attached hydrogen (secondary N) is 1. The quantitative estimate of drug-likeness (QED) is 0.544. The number of hydrogen-bond acceptors (Lipinski definition) is 5. The maximum Gasteiger partial charge on any atom is 0.329 e. The van der Waals surface area contributed by atoms with Crippen molar-refractivity contribution in [2.45, 2.75) is 59.0 Å². The number of ether oxygens (including phenoxy) is 2. The first-order chi connectivity index (χ1) is 13.2. The van der Waals surface area contributed by atoms with Crippen LogP contribution in [-0.4, -0.2) is 42.6 Å². The van der Waals surface area contributed by atoms with Gasteiger partial charge in [-0.3, -0.25) is 4.79 Å². The molecule has 0 bridgehead atoms. The molecule has 2 atom stereocenters. The van der Waals surface area contributed by atoms with Crippen LogP contribution >= 0.6 is 0 Å². The molecule has 154 valence electrons. The van der Waals surface area contributed by atoms with Gasteiger partial charge in [-0.05, 0) is 55.9 Å². The zero-order valence-corrected chi connectivity index (χ0v) is 17.5. The third-order valence-electron chi connectivity index (χ3n) is 5.21. The molecule has 1 N–H and O–H groups in total. The van der Waals surface area contributed by atoms with E-state index in [1.54, 1.807) is 19.2 Å². The number of nitrogens with zero attached hydrogens (tertiary/aromatic N) is 1. The van der Waals surface area contributed by atoms with Gasteiger partial charge in [0.2, 0.25) is 0 Å². The highest BCUT2D eigenvalue weighted by Gasteiger charge is 2.54. The normalized spacial score (nSPS) is 20.3. The Balaban J connectivity index is 2.27. The van der Waals surface area contributed by atoms with E-state index in [-0.39, 0.29) is 6.61 Å². The van der Waals surface area contributed by atoms with E-state index in [1.165, 1.54) is 6.92 Å². The number of benzene rings is 1. The van der Waals surface area contributed by atoms with Crippen molar-refractivity contribution in [3.63, 3.8) is 0 Å². The van der Waals surface area contributed by atoms with E-state index in [4.69, 9.17) is 9.47 Å². The Morgan fingerprint density at radius 3 is 2.46 bits per heavy atom. The Morgan fingerprint density at radius 1 is 1.25 bits per heavy atom. The molecule has 2 rings (SSSR count). The third kappa shape index (κ3) is 3.98. The summed E-state index contributed by atoms with van der Waals surface area (Å²) >= 11 is 0. The van der Waals surface area contributed by atoms with Crippen molar-refractivity contribution >= 4 is 17.9 Å². The summed E-state index contributed by atoms with van der Waals surface area (Å²) < 4.78 is 10.5. The molecule has 7 nitrogen and oxygen atoms in total. The van der Waals surface area contributed by atoms with E-state index in [0.29, 0.717) is 23.7 Å². The Labute approximate surface area is 166 Å². The molecule has 0 saturated carbocycles. The lowest BCUT2D eigenvalue weighted by Crippen LogP contribution is -2.47. The summed E-state index contributed by atoms with van der Waals surface area (Å²) in [6.45, 7) is 9.54. The molecule has 1 aromatic rings. The van der Waals surface area contributed by atoms with Gasteiger partial charge in [0.15, 0.2) is 0 Å². The predicted octanol–water partition coefficient (Wildman–Crippen LogP) is 3.14. The van der Waals surface area contributed by atoms with Gasteiger partial charge < -0.3 is 14.8 Å². The number of carbonyl (C=O) groups excluding carboxylic acids is 3. The Kier molecular flexibility index (Phi) is 6.69. The van der Waals surface area contributed by atoms with Crippen molar-refractivity contribution in [1.82, 2.24) is 10.2 Å². The predicted molar refractivity (Wildman–Crippen MR) is 105 cm³/mol. The van der Waals surface area contributed by atoms with Gasteiger partial charge in [-0.25, -0.2) is 14.5 Å². The van der Waals surface area contributed by atoms with Gasteiger partial charge in [0, 0.05) is 0 Å². The van der Waals surface area contributed by atoms with E-state index in [0.717, 1.165) is 16.9 Å². The summed E-state index contributed by atoms with van der Waals surface area (Å²) in [6.07, 6.45) is 1.08. The van der Waals surface area contributed by atoms with Crippen molar-refractivity contribution in [2.75, 3.05) is 13.7 Å². The first-order valence-corrected chi connectivity index (χ1v) is 9.65. The van der Waals surface area contributed by atoms with Gasteiger partial charge in [0.05, 0.1) is 13.7 Å². The van der Waals surface area contributed by atoms with Crippen molar-refractivity contribution < 1.29 is 23.9 Å². The zero-order valence-electron chi connectivity index (χ0n) is 17.5. The van der Waals surface area contributed by atoms with Crippen LogP contribution in [0.2, 0.25) is 0 Å². The lowest BCUT2D eigenvalue weighted by atomic mass is 9.86. The number of imide groups is 1. The molecule has 1 aromatic carbocycles. The van der Waals surface area contributed by atoms with Gasteiger partial charge in [0.25, 0.3) is 5.91 Å². The number of hydrogen-bond donors (Lipinski definition) is 1. The molecule has 0 aliphatic carbocycles. The summed E-state index contributed by atoms with van der Waals surface area (Å²) in [5.74, 6) is 0.0662. The SMILES string of the molecule is CCC1(c2ccc(OC)c(C)c2)NC(=O)N(C(C)C(=O)OCCC(C)C)C1=O. The lowest BCUT2D eigenvalue weighted by molar-refractivity contribution is -0.152. The Hall–Kier alpha value is -2.57.